The molecular weight excluding hydrogens is 714 g/mol. The third-order valence-corrected chi connectivity index (χ3v) is 10.8. The number of benzene rings is 2. The Morgan fingerprint density at radius 3 is 2.55 bits per heavy atom. The van der Waals surface area contributed by atoms with Gasteiger partial charge in [-0.15, -0.1) is 13.2 Å². The van der Waals surface area contributed by atoms with Crippen molar-refractivity contribution in [3.63, 3.8) is 0 Å². The van der Waals surface area contributed by atoms with Crippen molar-refractivity contribution in [1.82, 2.24) is 10.2 Å². The van der Waals surface area contributed by atoms with Gasteiger partial charge in [0.2, 0.25) is 11.8 Å². The fourth-order valence-corrected chi connectivity index (χ4v) is 8.69. The number of aliphatic hydroxyl groups excluding tert-OH is 1. The van der Waals surface area contributed by atoms with Crippen LogP contribution in [0.1, 0.15) is 50.7 Å². The van der Waals surface area contributed by atoms with Crippen LogP contribution in [-0.4, -0.2) is 82.0 Å². The van der Waals surface area contributed by atoms with Gasteiger partial charge in [0.1, 0.15) is 17.7 Å². The average molecular weight is 757 g/mol. The Kier molecular flexibility index (Phi) is 12.0. The van der Waals surface area contributed by atoms with Crippen molar-refractivity contribution >= 4 is 56.9 Å². The molecule has 5 rings (SSSR count). The van der Waals surface area contributed by atoms with Gasteiger partial charge < -0.3 is 29.7 Å². The van der Waals surface area contributed by atoms with Crippen LogP contribution in [0.15, 0.2) is 79.9 Å². The topological polar surface area (TPSA) is 125 Å². The molecule has 3 amide bonds. The lowest BCUT2D eigenvalue weighted by Crippen LogP contribution is -2.57. The van der Waals surface area contributed by atoms with Gasteiger partial charge in [-0.1, -0.05) is 82.1 Å². The summed E-state index contributed by atoms with van der Waals surface area (Å²) in [6.45, 7) is 9.52. The summed E-state index contributed by atoms with van der Waals surface area (Å²) < 4.78 is 12.9. The van der Waals surface area contributed by atoms with E-state index in [0.29, 0.717) is 42.0 Å². The number of rotatable bonds is 16. The fraction of sp³-hybridized carbons (Fsp3) is 0.459. The Morgan fingerprint density at radius 2 is 1.88 bits per heavy atom. The van der Waals surface area contributed by atoms with Gasteiger partial charge >= 0.3 is 5.97 Å². The summed E-state index contributed by atoms with van der Waals surface area (Å²) in [4.78, 5) is 58.9. The maximum atomic E-state index is 14.7. The largest absolute Gasteiger partial charge is 0.455 e. The number of nitrogens with one attached hydrogen (secondary N) is 1. The molecule has 3 fully saturated rings. The minimum Gasteiger partial charge on any atom is -0.455 e. The Bertz CT molecular complexity index is 1560. The Balaban J connectivity index is 1.50. The number of fused-ring (bicyclic) bond motifs is 1. The summed E-state index contributed by atoms with van der Waals surface area (Å²) in [5.74, 6) is -3.65. The zero-order chi connectivity index (χ0) is 35.3. The van der Waals surface area contributed by atoms with Gasteiger partial charge in [-0.3, -0.25) is 19.2 Å². The molecule has 12 heteroatoms. The Morgan fingerprint density at radius 1 is 1.16 bits per heavy atom. The van der Waals surface area contributed by atoms with Crippen molar-refractivity contribution in [1.29, 1.82) is 0 Å². The van der Waals surface area contributed by atoms with Gasteiger partial charge in [-0.2, -0.15) is 0 Å². The van der Waals surface area contributed by atoms with Crippen molar-refractivity contribution in [2.24, 2.45) is 11.8 Å². The van der Waals surface area contributed by atoms with Crippen LogP contribution in [0.2, 0.25) is 5.02 Å². The number of carbonyl (C=O) groups is 4. The second-order valence-corrected chi connectivity index (χ2v) is 14.3. The van der Waals surface area contributed by atoms with E-state index in [0.717, 1.165) is 0 Å². The lowest BCUT2D eigenvalue weighted by atomic mass is 9.70. The molecule has 10 nitrogen and oxygen atoms in total. The van der Waals surface area contributed by atoms with Crippen molar-refractivity contribution < 1.29 is 33.8 Å². The summed E-state index contributed by atoms with van der Waals surface area (Å²) >= 11 is 10.3. The standard InChI is InChI=1S/C37H43BrClN3O7/c1-4-6-18-28(44)40-23(3)31(24-14-8-7-9-15-24)48-36(47)29-30-34(45)42(20-12-13-21-43)33(37(30)22-25(38)32(29)49-37)35(46)41(19-5-2)27-17-11-10-16-26(27)39/h4-5,7-11,14-17,23,25,29-33,43H,1-2,6,12-13,18-22H2,3H3,(H,40,44)/t23-,25?,29-,30+,31-,32-,33-,37+/m0/s1. The third kappa shape index (κ3) is 7.22. The molecule has 49 heavy (non-hydrogen) atoms. The van der Waals surface area contributed by atoms with E-state index < -0.39 is 53.6 Å². The highest BCUT2D eigenvalue weighted by molar-refractivity contribution is 9.09. The number of para-hydroxylation sites is 1. The van der Waals surface area contributed by atoms with Crippen molar-refractivity contribution in [2.75, 3.05) is 24.6 Å². The van der Waals surface area contributed by atoms with Crippen molar-refractivity contribution in [3.05, 3.63) is 90.5 Å². The van der Waals surface area contributed by atoms with Crippen LogP contribution in [0.4, 0.5) is 5.69 Å². The summed E-state index contributed by atoms with van der Waals surface area (Å²) in [6.07, 6.45) is 3.58. The molecular formula is C37H43BrClN3O7. The van der Waals surface area contributed by atoms with E-state index in [2.05, 4.69) is 34.4 Å². The van der Waals surface area contributed by atoms with E-state index in [1.807, 2.05) is 30.3 Å². The molecule has 3 aliphatic rings. The van der Waals surface area contributed by atoms with Gasteiger partial charge in [0.05, 0.1) is 34.7 Å². The number of hydrogen-bond donors (Lipinski definition) is 2. The molecule has 3 aliphatic heterocycles. The number of hydrogen-bond acceptors (Lipinski definition) is 7. The van der Waals surface area contributed by atoms with E-state index in [4.69, 9.17) is 21.1 Å². The number of halogens is 2. The smallest absolute Gasteiger partial charge is 0.313 e. The van der Waals surface area contributed by atoms with Gasteiger partial charge in [0.15, 0.2) is 0 Å². The van der Waals surface area contributed by atoms with Gasteiger partial charge in [-0.05, 0) is 50.3 Å². The first kappa shape index (κ1) is 36.8. The number of alkyl halides is 1. The number of likely N-dealkylation sites (tertiary alicyclic amines) is 1. The maximum Gasteiger partial charge on any atom is 0.313 e. The number of anilines is 1. The third-order valence-electron chi connectivity index (χ3n) is 9.61. The molecule has 3 saturated heterocycles. The first-order valence-electron chi connectivity index (χ1n) is 16.6. The number of nitrogens with zero attached hydrogens (tertiary/aromatic N) is 2. The van der Waals surface area contributed by atoms with E-state index in [1.165, 1.54) is 9.80 Å². The zero-order valence-electron chi connectivity index (χ0n) is 27.5. The van der Waals surface area contributed by atoms with E-state index in [-0.39, 0.29) is 42.8 Å². The number of unbranched alkanes of at least 4 members (excludes halogenated alkanes) is 1. The summed E-state index contributed by atoms with van der Waals surface area (Å²) in [5, 5.41) is 12.8. The zero-order valence-corrected chi connectivity index (χ0v) is 29.9. The molecule has 0 aliphatic carbocycles. The molecule has 0 saturated carbocycles. The highest BCUT2D eigenvalue weighted by Crippen LogP contribution is 2.60. The molecule has 2 aromatic carbocycles. The molecule has 1 spiro atoms. The lowest BCUT2D eigenvalue weighted by Gasteiger charge is -2.37. The highest BCUT2D eigenvalue weighted by Gasteiger charge is 2.77. The maximum absolute atomic E-state index is 14.7. The molecule has 262 valence electrons. The molecule has 8 atom stereocenters. The first-order valence-corrected chi connectivity index (χ1v) is 17.9. The van der Waals surface area contributed by atoms with Crippen LogP contribution < -0.4 is 10.2 Å². The second kappa shape index (κ2) is 16.0. The molecule has 2 bridgehead atoms. The number of carbonyl (C=O) groups excluding carboxylic acids is 4. The predicted octanol–water partition coefficient (Wildman–Crippen LogP) is 5.13. The van der Waals surface area contributed by atoms with Gasteiger partial charge in [0.25, 0.3) is 5.91 Å². The molecule has 3 heterocycles. The Hall–Kier alpha value is -3.51. The second-order valence-electron chi connectivity index (χ2n) is 12.8. The van der Waals surface area contributed by atoms with Crippen LogP contribution in [0, 0.1) is 11.8 Å². The number of allylic oxidation sites excluding steroid dienone is 1. The Labute approximate surface area is 300 Å². The van der Waals surface area contributed by atoms with Crippen LogP contribution >= 0.6 is 27.5 Å². The molecule has 2 aromatic rings. The molecule has 2 N–H and O–H groups in total. The highest BCUT2D eigenvalue weighted by atomic mass is 79.9. The van der Waals surface area contributed by atoms with Crippen molar-refractivity contribution in [3.8, 4) is 0 Å². The van der Waals surface area contributed by atoms with Crippen LogP contribution in [0.3, 0.4) is 0 Å². The van der Waals surface area contributed by atoms with E-state index in [9.17, 15) is 24.3 Å². The summed E-state index contributed by atoms with van der Waals surface area (Å²) in [7, 11) is 0. The van der Waals surface area contributed by atoms with Gasteiger partial charge in [0, 0.05) is 30.9 Å². The van der Waals surface area contributed by atoms with Crippen LogP contribution in [0.5, 0.6) is 0 Å². The number of esters is 1. The minimum absolute atomic E-state index is 0.0718. The van der Waals surface area contributed by atoms with Crippen LogP contribution in [0.25, 0.3) is 0 Å². The number of aliphatic hydroxyl groups is 1. The van der Waals surface area contributed by atoms with E-state index >= 15 is 0 Å². The quantitative estimate of drug-likeness (QED) is 0.105. The number of amides is 3. The van der Waals surface area contributed by atoms with Crippen LogP contribution in [-0.2, 0) is 28.7 Å². The molecule has 0 aromatic heterocycles. The van der Waals surface area contributed by atoms with Crippen molar-refractivity contribution in [2.45, 2.75) is 73.7 Å². The summed E-state index contributed by atoms with van der Waals surface area (Å²) in [6, 6.07) is 14.4. The SMILES string of the molecule is C=CCCC(=O)N[C@@H](C)[C@H](OC(=O)[C@@H]1[C@H]2O[C@@]3(CC2Br)[C@H](C(=O)N(CC=C)c2ccccc2Cl)N(CCCCO)C(=O)[C@@H]13)c1ccccc1. The van der Waals surface area contributed by atoms with Gasteiger partial charge in [-0.25, -0.2) is 0 Å². The predicted molar refractivity (Wildman–Crippen MR) is 190 cm³/mol. The average Bonchev–Trinajstić information content (AvgIpc) is 3.68. The summed E-state index contributed by atoms with van der Waals surface area (Å²) in [5.41, 5.74) is -0.188. The molecule has 1 unspecified atom stereocenters. The lowest BCUT2D eigenvalue weighted by molar-refractivity contribution is -0.162. The number of ether oxygens (including phenoxy) is 2. The molecule has 0 radical (unpaired) electrons. The van der Waals surface area contributed by atoms with E-state index in [1.54, 1.807) is 43.3 Å². The normalized spacial score (nSPS) is 26.5. The fourth-order valence-electron chi connectivity index (χ4n) is 7.51. The monoisotopic (exact) mass is 755 g/mol. The first-order chi connectivity index (χ1) is 23.6. The minimum atomic E-state index is -1.33.